The molecule has 0 fully saturated rings. The molecule has 0 saturated heterocycles. The Morgan fingerprint density at radius 2 is 2.33 bits per heavy atom. The zero-order valence-corrected chi connectivity index (χ0v) is 9.34. The zero-order chi connectivity index (χ0) is 10.7. The molecule has 0 radical (unpaired) electrons. The van der Waals surface area contributed by atoms with E-state index in [1.54, 1.807) is 23.7 Å². The van der Waals surface area contributed by atoms with Crippen LogP contribution in [0.15, 0.2) is 33.6 Å². The molecule has 2 aromatic heterocycles. The Labute approximate surface area is 92.5 Å². The van der Waals surface area contributed by atoms with E-state index in [0.29, 0.717) is 6.42 Å². The molecule has 0 aliphatic heterocycles. The highest BCUT2D eigenvalue weighted by molar-refractivity contribution is 7.08. The SMILES string of the molecule is CCc1occc1C(=O)Cc1ccsc1. The van der Waals surface area contributed by atoms with E-state index in [2.05, 4.69) is 0 Å². The number of hydrogen-bond acceptors (Lipinski definition) is 3. The molecule has 0 aliphatic carbocycles. The fourth-order valence-electron chi connectivity index (χ4n) is 1.54. The standard InChI is InChI=1S/C12H12O2S/c1-2-12-10(3-5-14-12)11(13)7-9-4-6-15-8-9/h3-6,8H,2,7H2,1H3. The van der Waals surface area contributed by atoms with Crippen LogP contribution >= 0.6 is 11.3 Å². The molecule has 3 heteroatoms. The molecule has 0 aromatic carbocycles. The summed E-state index contributed by atoms with van der Waals surface area (Å²) in [6, 6.07) is 3.74. The van der Waals surface area contributed by atoms with E-state index in [9.17, 15) is 4.79 Å². The van der Waals surface area contributed by atoms with E-state index in [4.69, 9.17) is 4.42 Å². The van der Waals surface area contributed by atoms with E-state index in [0.717, 1.165) is 23.3 Å². The van der Waals surface area contributed by atoms with E-state index in [1.807, 2.05) is 23.8 Å². The summed E-state index contributed by atoms with van der Waals surface area (Å²) in [6.45, 7) is 1.99. The minimum atomic E-state index is 0.138. The van der Waals surface area contributed by atoms with Crippen molar-refractivity contribution in [3.8, 4) is 0 Å². The highest BCUT2D eigenvalue weighted by Crippen LogP contribution is 2.15. The Morgan fingerprint density at radius 1 is 1.47 bits per heavy atom. The molecule has 2 aromatic rings. The van der Waals surface area contributed by atoms with Crippen LogP contribution in [0.1, 0.15) is 28.6 Å². The van der Waals surface area contributed by atoms with Crippen molar-refractivity contribution in [2.75, 3.05) is 0 Å². The van der Waals surface area contributed by atoms with Gasteiger partial charge in [-0.2, -0.15) is 11.3 Å². The average molecular weight is 220 g/mol. The number of carbonyl (C=O) groups is 1. The minimum absolute atomic E-state index is 0.138. The van der Waals surface area contributed by atoms with Gasteiger partial charge in [-0.1, -0.05) is 6.92 Å². The van der Waals surface area contributed by atoms with Crippen LogP contribution in [0.5, 0.6) is 0 Å². The Balaban J connectivity index is 2.15. The molecule has 2 heterocycles. The van der Waals surface area contributed by atoms with Gasteiger partial charge in [0.15, 0.2) is 5.78 Å². The summed E-state index contributed by atoms with van der Waals surface area (Å²) in [5.41, 5.74) is 1.80. The summed E-state index contributed by atoms with van der Waals surface area (Å²) in [6.07, 6.45) is 2.81. The molecule has 2 nitrogen and oxygen atoms in total. The molecule has 0 amide bonds. The maximum Gasteiger partial charge on any atom is 0.170 e. The molecule has 0 atom stereocenters. The van der Waals surface area contributed by atoms with Gasteiger partial charge in [0.1, 0.15) is 5.76 Å². The highest BCUT2D eigenvalue weighted by Gasteiger charge is 2.13. The molecule has 78 valence electrons. The zero-order valence-electron chi connectivity index (χ0n) is 8.53. The smallest absolute Gasteiger partial charge is 0.170 e. The van der Waals surface area contributed by atoms with Gasteiger partial charge in [-0.15, -0.1) is 0 Å². The Bertz CT molecular complexity index is 440. The maximum atomic E-state index is 11.9. The quantitative estimate of drug-likeness (QED) is 0.740. The maximum absolute atomic E-state index is 11.9. The Morgan fingerprint density at radius 3 is 3.00 bits per heavy atom. The van der Waals surface area contributed by atoms with Gasteiger partial charge in [-0.3, -0.25) is 4.79 Å². The second-order valence-corrected chi connectivity index (χ2v) is 4.12. The van der Waals surface area contributed by atoms with Crippen LogP contribution in [0.3, 0.4) is 0 Å². The van der Waals surface area contributed by atoms with Crippen LogP contribution in [0.4, 0.5) is 0 Å². The minimum Gasteiger partial charge on any atom is -0.469 e. The normalized spacial score (nSPS) is 10.5. The topological polar surface area (TPSA) is 30.2 Å². The van der Waals surface area contributed by atoms with Crippen LogP contribution < -0.4 is 0 Å². The van der Waals surface area contributed by atoms with Gasteiger partial charge >= 0.3 is 0 Å². The molecule has 0 N–H and O–H groups in total. The fourth-order valence-corrected chi connectivity index (χ4v) is 2.21. The molecule has 15 heavy (non-hydrogen) atoms. The molecule has 0 unspecified atom stereocenters. The van der Waals surface area contributed by atoms with Crippen molar-refractivity contribution in [1.29, 1.82) is 0 Å². The van der Waals surface area contributed by atoms with Crippen molar-refractivity contribution in [2.24, 2.45) is 0 Å². The van der Waals surface area contributed by atoms with Gasteiger partial charge in [0, 0.05) is 12.8 Å². The first kappa shape index (κ1) is 10.2. The molecule has 2 rings (SSSR count). The lowest BCUT2D eigenvalue weighted by atomic mass is 10.1. The number of furan rings is 1. The first-order valence-corrected chi connectivity index (χ1v) is 5.86. The van der Waals surface area contributed by atoms with E-state index in [-0.39, 0.29) is 5.78 Å². The molecule has 0 saturated carbocycles. The molecule has 0 bridgehead atoms. The molecular formula is C12H12O2S. The summed E-state index contributed by atoms with van der Waals surface area (Å²) < 4.78 is 5.24. The lowest BCUT2D eigenvalue weighted by Crippen LogP contribution is -2.03. The number of rotatable bonds is 4. The number of thiophene rings is 1. The first-order chi connectivity index (χ1) is 7.31. The van der Waals surface area contributed by atoms with Crippen molar-refractivity contribution in [1.82, 2.24) is 0 Å². The monoisotopic (exact) mass is 220 g/mol. The number of carbonyl (C=O) groups excluding carboxylic acids is 1. The number of aryl methyl sites for hydroxylation is 1. The second kappa shape index (κ2) is 4.45. The van der Waals surface area contributed by atoms with Crippen molar-refractivity contribution in [3.05, 3.63) is 46.0 Å². The third-order valence-corrected chi connectivity index (χ3v) is 3.04. The van der Waals surface area contributed by atoms with Gasteiger partial charge < -0.3 is 4.42 Å². The van der Waals surface area contributed by atoms with E-state index < -0.39 is 0 Å². The van der Waals surface area contributed by atoms with E-state index in [1.165, 1.54) is 0 Å². The van der Waals surface area contributed by atoms with Gasteiger partial charge in [0.25, 0.3) is 0 Å². The van der Waals surface area contributed by atoms with Crippen molar-refractivity contribution in [2.45, 2.75) is 19.8 Å². The summed E-state index contributed by atoms with van der Waals surface area (Å²) in [5.74, 6) is 0.925. The van der Waals surface area contributed by atoms with Crippen LogP contribution in [0.2, 0.25) is 0 Å². The Kier molecular flexibility index (Phi) is 3.02. The molecular weight excluding hydrogens is 208 g/mol. The summed E-state index contributed by atoms with van der Waals surface area (Å²) in [7, 11) is 0. The van der Waals surface area contributed by atoms with Gasteiger partial charge in [-0.25, -0.2) is 0 Å². The first-order valence-electron chi connectivity index (χ1n) is 4.92. The van der Waals surface area contributed by atoms with Crippen molar-refractivity contribution < 1.29 is 9.21 Å². The predicted octanol–water partition coefficient (Wildman–Crippen LogP) is 3.33. The fraction of sp³-hybridized carbons (Fsp3) is 0.250. The van der Waals surface area contributed by atoms with Crippen LogP contribution in [-0.2, 0) is 12.8 Å². The second-order valence-electron chi connectivity index (χ2n) is 3.34. The average Bonchev–Trinajstić information content (AvgIpc) is 2.86. The number of hydrogen-bond donors (Lipinski definition) is 0. The highest BCUT2D eigenvalue weighted by atomic mass is 32.1. The largest absolute Gasteiger partial charge is 0.469 e. The van der Waals surface area contributed by atoms with Crippen LogP contribution in [0, 0.1) is 0 Å². The lowest BCUT2D eigenvalue weighted by molar-refractivity contribution is 0.0991. The van der Waals surface area contributed by atoms with Crippen molar-refractivity contribution >= 4 is 17.1 Å². The summed E-state index contributed by atoms with van der Waals surface area (Å²) in [4.78, 5) is 11.9. The van der Waals surface area contributed by atoms with Gasteiger partial charge in [0.2, 0.25) is 0 Å². The lowest BCUT2D eigenvalue weighted by Gasteiger charge is -1.98. The third kappa shape index (κ3) is 2.18. The van der Waals surface area contributed by atoms with E-state index >= 15 is 0 Å². The van der Waals surface area contributed by atoms with Crippen LogP contribution in [-0.4, -0.2) is 5.78 Å². The van der Waals surface area contributed by atoms with Crippen molar-refractivity contribution in [3.63, 3.8) is 0 Å². The predicted molar refractivity (Wildman–Crippen MR) is 60.4 cm³/mol. The third-order valence-electron chi connectivity index (χ3n) is 2.31. The number of Topliss-reactive ketones (excluding diaryl/α,β-unsaturated/α-hetero) is 1. The summed E-state index contributed by atoms with van der Waals surface area (Å²) in [5, 5.41) is 3.99. The molecule has 0 spiro atoms. The van der Waals surface area contributed by atoms with Gasteiger partial charge in [0.05, 0.1) is 11.8 Å². The van der Waals surface area contributed by atoms with Gasteiger partial charge in [-0.05, 0) is 28.5 Å². The van der Waals surface area contributed by atoms with Crippen LogP contribution in [0.25, 0.3) is 0 Å². The molecule has 0 aliphatic rings. The summed E-state index contributed by atoms with van der Waals surface area (Å²) >= 11 is 1.61. The number of ketones is 1. The Hall–Kier alpha value is -1.35.